The molecule has 2 aromatic rings. The zero-order valence-corrected chi connectivity index (χ0v) is 9.94. The standard InChI is InChI=1S/C10H12N4O2S/c1-2-15-7(4-11-1)3-9-13-10(14-16-9)8-5-17-6-12-8/h5-7,11H,1-4H2. The summed E-state index contributed by atoms with van der Waals surface area (Å²) in [5.41, 5.74) is 2.51. The molecule has 1 saturated heterocycles. The minimum atomic E-state index is 0.118. The molecule has 1 aliphatic rings. The predicted molar refractivity (Wildman–Crippen MR) is 61.7 cm³/mol. The van der Waals surface area contributed by atoms with Crippen LogP contribution in [0.3, 0.4) is 0 Å². The van der Waals surface area contributed by atoms with Crippen LogP contribution in [0.2, 0.25) is 0 Å². The second-order valence-corrected chi connectivity index (χ2v) is 4.51. The first-order chi connectivity index (χ1) is 8.42. The van der Waals surface area contributed by atoms with Gasteiger partial charge in [0.2, 0.25) is 11.7 Å². The van der Waals surface area contributed by atoms with Crippen molar-refractivity contribution in [2.24, 2.45) is 0 Å². The minimum Gasteiger partial charge on any atom is -0.375 e. The van der Waals surface area contributed by atoms with E-state index < -0.39 is 0 Å². The normalized spacial score (nSPS) is 20.6. The van der Waals surface area contributed by atoms with Gasteiger partial charge in [-0.2, -0.15) is 4.98 Å². The van der Waals surface area contributed by atoms with E-state index in [4.69, 9.17) is 9.26 Å². The molecule has 1 aliphatic heterocycles. The van der Waals surface area contributed by atoms with Crippen LogP contribution >= 0.6 is 11.3 Å². The van der Waals surface area contributed by atoms with E-state index in [9.17, 15) is 0 Å². The van der Waals surface area contributed by atoms with Crippen LogP contribution < -0.4 is 5.32 Å². The highest BCUT2D eigenvalue weighted by Gasteiger charge is 2.18. The highest BCUT2D eigenvalue weighted by Crippen LogP contribution is 2.16. The number of nitrogens with one attached hydrogen (secondary N) is 1. The molecule has 0 saturated carbocycles. The van der Waals surface area contributed by atoms with Gasteiger partial charge in [-0.05, 0) is 0 Å². The van der Waals surface area contributed by atoms with Gasteiger partial charge >= 0.3 is 0 Å². The monoisotopic (exact) mass is 252 g/mol. The topological polar surface area (TPSA) is 73.1 Å². The van der Waals surface area contributed by atoms with E-state index in [0.29, 0.717) is 18.1 Å². The third-order valence-corrected chi connectivity index (χ3v) is 3.12. The maximum Gasteiger partial charge on any atom is 0.229 e. The Morgan fingerprint density at radius 2 is 2.53 bits per heavy atom. The maximum atomic E-state index is 5.58. The van der Waals surface area contributed by atoms with Gasteiger partial charge in [0.05, 0.1) is 24.6 Å². The molecular formula is C10H12N4O2S. The summed E-state index contributed by atoms with van der Waals surface area (Å²) in [5.74, 6) is 1.15. The molecule has 90 valence electrons. The number of thiazole rings is 1. The second-order valence-electron chi connectivity index (χ2n) is 3.79. The van der Waals surface area contributed by atoms with Crippen LogP contribution in [-0.2, 0) is 11.2 Å². The summed E-state index contributed by atoms with van der Waals surface area (Å²) < 4.78 is 10.8. The highest BCUT2D eigenvalue weighted by molar-refractivity contribution is 7.07. The van der Waals surface area contributed by atoms with E-state index in [1.54, 1.807) is 5.51 Å². The lowest BCUT2D eigenvalue weighted by atomic mass is 10.2. The second kappa shape index (κ2) is 4.91. The maximum absolute atomic E-state index is 5.58. The summed E-state index contributed by atoms with van der Waals surface area (Å²) in [4.78, 5) is 8.44. The van der Waals surface area contributed by atoms with E-state index in [0.717, 1.165) is 25.4 Å². The SMILES string of the molecule is c1nc(-c2noc(CC3CNCCO3)n2)cs1. The first-order valence-electron chi connectivity index (χ1n) is 5.45. The van der Waals surface area contributed by atoms with Crippen LogP contribution in [0.5, 0.6) is 0 Å². The van der Waals surface area contributed by atoms with E-state index in [1.807, 2.05) is 5.38 Å². The van der Waals surface area contributed by atoms with Gasteiger partial charge in [0.15, 0.2) is 0 Å². The Hall–Kier alpha value is -1.31. The molecule has 3 rings (SSSR count). The number of ether oxygens (including phenoxy) is 1. The Balaban J connectivity index is 1.68. The van der Waals surface area contributed by atoms with Crippen molar-refractivity contribution < 1.29 is 9.26 Å². The molecule has 0 aliphatic carbocycles. The number of nitrogens with zero attached hydrogens (tertiary/aromatic N) is 3. The Labute approximate surface area is 102 Å². The van der Waals surface area contributed by atoms with E-state index in [2.05, 4.69) is 20.4 Å². The van der Waals surface area contributed by atoms with Crippen LogP contribution in [0.1, 0.15) is 5.89 Å². The zero-order valence-electron chi connectivity index (χ0n) is 9.13. The first-order valence-corrected chi connectivity index (χ1v) is 6.39. The summed E-state index contributed by atoms with van der Waals surface area (Å²) in [6, 6.07) is 0. The average molecular weight is 252 g/mol. The molecule has 2 aromatic heterocycles. The third kappa shape index (κ3) is 2.51. The molecule has 0 amide bonds. The van der Waals surface area contributed by atoms with Crippen LogP contribution in [0.4, 0.5) is 0 Å². The van der Waals surface area contributed by atoms with Crippen molar-refractivity contribution in [3.8, 4) is 11.5 Å². The molecule has 0 bridgehead atoms. The molecule has 1 fully saturated rings. The Morgan fingerprint density at radius 3 is 3.29 bits per heavy atom. The molecule has 3 heterocycles. The average Bonchev–Trinajstić information content (AvgIpc) is 3.00. The van der Waals surface area contributed by atoms with Crippen molar-refractivity contribution >= 4 is 11.3 Å². The summed E-state index contributed by atoms with van der Waals surface area (Å²) >= 11 is 1.51. The molecule has 0 aromatic carbocycles. The van der Waals surface area contributed by atoms with Gasteiger partial charge in [0.1, 0.15) is 5.69 Å². The predicted octanol–water partition coefficient (Wildman–Crippen LogP) is 0.724. The fourth-order valence-corrected chi connectivity index (χ4v) is 2.24. The van der Waals surface area contributed by atoms with Gasteiger partial charge in [-0.3, -0.25) is 0 Å². The van der Waals surface area contributed by atoms with Crippen molar-refractivity contribution in [1.29, 1.82) is 0 Å². The van der Waals surface area contributed by atoms with Crippen LogP contribution in [0.15, 0.2) is 15.4 Å². The lowest BCUT2D eigenvalue weighted by molar-refractivity contribution is 0.0246. The lowest BCUT2D eigenvalue weighted by Gasteiger charge is -2.21. The molecule has 0 spiro atoms. The molecule has 7 heteroatoms. The molecule has 6 nitrogen and oxygen atoms in total. The molecule has 1 atom stereocenters. The molecular weight excluding hydrogens is 240 g/mol. The van der Waals surface area contributed by atoms with Gasteiger partial charge in [0.25, 0.3) is 0 Å². The minimum absolute atomic E-state index is 0.118. The first kappa shape index (κ1) is 10.8. The van der Waals surface area contributed by atoms with E-state index >= 15 is 0 Å². The van der Waals surface area contributed by atoms with Gasteiger partial charge < -0.3 is 14.6 Å². The van der Waals surface area contributed by atoms with Crippen molar-refractivity contribution in [2.75, 3.05) is 19.7 Å². The molecule has 17 heavy (non-hydrogen) atoms. The van der Waals surface area contributed by atoms with Gasteiger partial charge in [-0.25, -0.2) is 4.98 Å². The number of hydrogen-bond donors (Lipinski definition) is 1. The van der Waals surface area contributed by atoms with Gasteiger partial charge in [-0.15, -0.1) is 11.3 Å². The Bertz CT molecular complexity index is 464. The van der Waals surface area contributed by atoms with E-state index in [1.165, 1.54) is 11.3 Å². The molecule has 1 N–H and O–H groups in total. The largest absolute Gasteiger partial charge is 0.375 e. The Morgan fingerprint density at radius 1 is 1.53 bits per heavy atom. The number of morpholine rings is 1. The number of hydrogen-bond acceptors (Lipinski definition) is 7. The van der Waals surface area contributed by atoms with Crippen LogP contribution in [0.25, 0.3) is 11.5 Å². The third-order valence-electron chi connectivity index (χ3n) is 2.54. The van der Waals surface area contributed by atoms with E-state index in [-0.39, 0.29) is 6.10 Å². The van der Waals surface area contributed by atoms with Gasteiger partial charge in [0, 0.05) is 18.5 Å². The van der Waals surface area contributed by atoms with Crippen molar-refractivity contribution in [2.45, 2.75) is 12.5 Å². The van der Waals surface area contributed by atoms with Gasteiger partial charge in [-0.1, -0.05) is 5.16 Å². The van der Waals surface area contributed by atoms with Crippen LogP contribution in [0, 0.1) is 0 Å². The molecule has 1 unspecified atom stereocenters. The van der Waals surface area contributed by atoms with Crippen molar-refractivity contribution in [1.82, 2.24) is 20.4 Å². The smallest absolute Gasteiger partial charge is 0.229 e. The zero-order chi connectivity index (χ0) is 11.5. The summed E-state index contributed by atoms with van der Waals surface area (Å²) in [5, 5.41) is 9.07. The number of aromatic nitrogens is 3. The highest BCUT2D eigenvalue weighted by atomic mass is 32.1. The summed E-state index contributed by atoms with van der Waals surface area (Å²) in [6.45, 7) is 2.47. The lowest BCUT2D eigenvalue weighted by Crippen LogP contribution is -2.39. The summed E-state index contributed by atoms with van der Waals surface area (Å²) in [6.07, 6.45) is 0.761. The van der Waals surface area contributed by atoms with Crippen molar-refractivity contribution in [3.63, 3.8) is 0 Å². The quantitative estimate of drug-likeness (QED) is 0.868. The summed E-state index contributed by atoms with van der Waals surface area (Å²) in [7, 11) is 0. The van der Waals surface area contributed by atoms with Crippen LogP contribution in [-0.4, -0.2) is 40.9 Å². The molecule has 0 radical (unpaired) electrons. The fourth-order valence-electron chi connectivity index (χ4n) is 1.71. The fraction of sp³-hybridized carbons (Fsp3) is 0.500. The number of rotatable bonds is 3. The van der Waals surface area contributed by atoms with Crippen molar-refractivity contribution in [3.05, 3.63) is 16.8 Å². The Kier molecular flexibility index (Phi) is 3.12.